The zero-order valence-electron chi connectivity index (χ0n) is 15.2. The van der Waals surface area contributed by atoms with Gasteiger partial charge in [-0.2, -0.15) is 5.10 Å². The summed E-state index contributed by atoms with van der Waals surface area (Å²) in [5.74, 6) is 0. The third-order valence-electron chi connectivity index (χ3n) is 4.89. The number of hydrogen-bond donors (Lipinski definition) is 1. The lowest BCUT2D eigenvalue weighted by Gasteiger charge is -2.07. The smallest absolute Gasteiger partial charge is 0.182 e. The van der Waals surface area contributed by atoms with Gasteiger partial charge in [0.1, 0.15) is 0 Å². The lowest BCUT2D eigenvalue weighted by atomic mass is 10.1. The highest BCUT2D eigenvalue weighted by molar-refractivity contribution is 7.15. The number of hydrogen-bond acceptors (Lipinski definition) is 6. The van der Waals surface area contributed by atoms with Crippen molar-refractivity contribution in [3.63, 3.8) is 0 Å². The van der Waals surface area contributed by atoms with E-state index in [1.807, 2.05) is 20.0 Å². The third-order valence-corrected chi connectivity index (χ3v) is 6.09. The van der Waals surface area contributed by atoms with Crippen molar-refractivity contribution in [1.82, 2.24) is 25.1 Å². The van der Waals surface area contributed by atoms with E-state index in [9.17, 15) is 0 Å². The summed E-state index contributed by atoms with van der Waals surface area (Å²) in [7, 11) is 0. The molecule has 1 unspecified atom stereocenters. The van der Waals surface area contributed by atoms with Crippen LogP contribution in [0.3, 0.4) is 0 Å². The number of rotatable bonds is 3. The number of pyridine rings is 1. The Balaban J connectivity index is 1.64. The summed E-state index contributed by atoms with van der Waals surface area (Å²) in [4.78, 5) is 16.1. The highest BCUT2D eigenvalue weighted by atomic mass is 32.1. The molecule has 27 heavy (non-hydrogen) atoms. The van der Waals surface area contributed by atoms with Gasteiger partial charge in [0.05, 0.1) is 39.6 Å². The van der Waals surface area contributed by atoms with Crippen LogP contribution >= 0.6 is 11.3 Å². The summed E-state index contributed by atoms with van der Waals surface area (Å²) in [6, 6.07) is 6.37. The molecule has 1 aliphatic heterocycles. The van der Waals surface area contributed by atoms with Crippen LogP contribution in [-0.2, 0) is 4.74 Å². The molecule has 1 aliphatic rings. The van der Waals surface area contributed by atoms with Gasteiger partial charge < -0.3 is 4.74 Å². The summed E-state index contributed by atoms with van der Waals surface area (Å²) in [6.07, 6.45) is 6.05. The lowest BCUT2D eigenvalue weighted by molar-refractivity contribution is 0.114. The average molecular weight is 377 g/mol. The minimum atomic E-state index is 0.225. The fraction of sp³-hybridized carbons (Fsp3) is 0.300. The molecule has 0 radical (unpaired) electrons. The Morgan fingerprint density at radius 1 is 1.15 bits per heavy atom. The maximum Gasteiger partial charge on any atom is 0.182 e. The Morgan fingerprint density at radius 3 is 2.85 bits per heavy atom. The van der Waals surface area contributed by atoms with E-state index in [1.165, 1.54) is 4.88 Å². The van der Waals surface area contributed by atoms with Crippen molar-refractivity contribution in [3.8, 4) is 21.8 Å². The number of aromatic nitrogens is 5. The summed E-state index contributed by atoms with van der Waals surface area (Å²) >= 11 is 1.74. The highest BCUT2D eigenvalue weighted by Crippen LogP contribution is 2.38. The maximum atomic E-state index is 5.82. The van der Waals surface area contributed by atoms with E-state index in [-0.39, 0.29) is 6.10 Å². The van der Waals surface area contributed by atoms with Gasteiger partial charge in [0.2, 0.25) is 0 Å². The number of nitrogens with one attached hydrogen (secondary N) is 1. The van der Waals surface area contributed by atoms with Crippen LogP contribution in [0.25, 0.3) is 32.9 Å². The van der Waals surface area contributed by atoms with Crippen molar-refractivity contribution in [3.05, 3.63) is 46.9 Å². The van der Waals surface area contributed by atoms with Crippen LogP contribution in [0.15, 0.2) is 30.6 Å². The summed E-state index contributed by atoms with van der Waals surface area (Å²) in [5, 5.41) is 8.43. The van der Waals surface area contributed by atoms with Crippen LogP contribution in [-0.4, -0.2) is 31.8 Å². The molecular weight excluding hydrogens is 358 g/mol. The molecule has 5 rings (SSSR count). The molecule has 4 aromatic heterocycles. The number of aromatic amines is 1. The average Bonchev–Trinajstić information content (AvgIpc) is 3.42. The molecule has 5 heterocycles. The molecule has 1 fully saturated rings. The zero-order valence-corrected chi connectivity index (χ0v) is 16.0. The Morgan fingerprint density at radius 2 is 2.07 bits per heavy atom. The molecule has 0 saturated carbocycles. The Hall–Kier alpha value is -2.64. The molecule has 0 aromatic carbocycles. The molecule has 0 spiro atoms. The zero-order chi connectivity index (χ0) is 18.4. The van der Waals surface area contributed by atoms with Crippen LogP contribution in [0.1, 0.15) is 35.2 Å². The van der Waals surface area contributed by atoms with Crippen molar-refractivity contribution in [1.29, 1.82) is 0 Å². The van der Waals surface area contributed by atoms with E-state index < -0.39 is 0 Å². The van der Waals surface area contributed by atoms with Gasteiger partial charge in [0, 0.05) is 28.9 Å². The van der Waals surface area contributed by atoms with Crippen LogP contribution in [0, 0.1) is 13.8 Å². The molecule has 0 bridgehead atoms. The van der Waals surface area contributed by atoms with Crippen molar-refractivity contribution in [2.45, 2.75) is 32.8 Å². The second-order valence-electron chi connectivity index (χ2n) is 6.85. The molecule has 6 nitrogen and oxygen atoms in total. The lowest BCUT2D eigenvalue weighted by Crippen LogP contribution is -1.92. The number of H-pyrrole nitrogens is 1. The van der Waals surface area contributed by atoms with Gasteiger partial charge in [-0.05, 0) is 44.9 Å². The first-order chi connectivity index (χ1) is 13.2. The molecule has 136 valence electrons. The Bertz CT molecular complexity index is 1110. The SMILES string of the molecule is Cc1cnc(-c2cc(-c3ccc(C4CCCO4)s3)nc3n[nH]c(C)c23)cn1. The molecule has 1 atom stereocenters. The van der Waals surface area contributed by atoms with Gasteiger partial charge in [0.15, 0.2) is 5.65 Å². The number of thiophene rings is 1. The van der Waals surface area contributed by atoms with E-state index in [0.717, 1.165) is 58.1 Å². The summed E-state index contributed by atoms with van der Waals surface area (Å²) < 4.78 is 5.82. The molecule has 7 heteroatoms. The van der Waals surface area contributed by atoms with E-state index in [2.05, 4.69) is 38.4 Å². The number of ether oxygens (including phenoxy) is 1. The van der Waals surface area contributed by atoms with Crippen molar-refractivity contribution < 1.29 is 4.74 Å². The predicted molar refractivity (Wildman–Crippen MR) is 106 cm³/mol. The van der Waals surface area contributed by atoms with Gasteiger partial charge in [0.25, 0.3) is 0 Å². The van der Waals surface area contributed by atoms with Gasteiger partial charge in [-0.1, -0.05) is 0 Å². The van der Waals surface area contributed by atoms with Crippen LogP contribution < -0.4 is 0 Å². The molecule has 4 aromatic rings. The standard InChI is InChI=1S/C20H19N5OS/c1-11-9-22-15(10-21-11)13-8-14(23-20-19(13)12(2)24-25-20)17-5-6-18(27-17)16-4-3-7-26-16/h5-6,8-10,16H,3-4,7H2,1-2H3,(H,23,24,25). The van der Waals surface area contributed by atoms with Crippen LogP contribution in [0.2, 0.25) is 0 Å². The van der Waals surface area contributed by atoms with Gasteiger partial charge >= 0.3 is 0 Å². The van der Waals surface area contributed by atoms with Crippen molar-refractivity contribution in [2.75, 3.05) is 6.61 Å². The molecular formula is C20H19N5OS. The largest absolute Gasteiger partial charge is 0.373 e. The van der Waals surface area contributed by atoms with E-state index in [1.54, 1.807) is 17.5 Å². The number of fused-ring (bicyclic) bond motifs is 1. The van der Waals surface area contributed by atoms with Crippen LogP contribution in [0.5, 0.6) is 0 Å². The van der Waals surface area contributed by atoms with E-state index in [0.29, 0.717) is 5.65 Å². The van der Waals surface area contributed by atoms with Crippen molar-refractivity contribution >= 4 is 22.4 Å². The van der Waals surface area contributed by atoms with Crippen LogP contribution in [0.4, 0.5) is 0 Å². The topological polar surface area (TPSA) is 76.6 Å². The van der Waals surface area contributed by atoms with E-state index >= 15 is 0 Å². The quantitative estimate of drug-likeness (QED) is 0.564. The highest BCUT2D eigenvalue weighted by Gasteiger charge is 2.21. The van der Waals surface area contributed by atoms with Gasteiger partial charge in [-0.25, -0.2) is 4.98 Å². The van der Waals surface area contributed by atoms with Gasteiger partial charge in [-0.3, -0.25) is 15.1 Å². The second-order valence-corrected chi connectivity index (χ2v) is 7.96. The first-order valence-corrected chi connectivity index (χ1v) is 9.87. The van der Waals surface area contributed by atoms with E-state index in [4.69, 9.17) is 9.72 Å². The number of nitrogens with zero attached hydrogens (tertiary/aromatic N) is 4. The van der Waals surface area contributed by atoms with Gasteiger partial charge in [-0.15, -0.1) is 11.3 Å². The Kier molecular flexibility index (Phi) is 3.98. The summed E-state index contributed by atoms with van der Waals surface area (Å²) in [5.41, 5.74) is 5.31. The molecule has 0 amide bonds. The first-order valence-electron chi connectivity index (χ1n) is 9.05. The monoisotopic (exact) mass is 377 g/mol. The Labute approximate surface area is 160 Å². The fourth-order valence-corrected chi connectivity index (χ4v) is 4.55. The predicted octanol–water partition coefficient (Wildman–Crippen LogP) is 4.61. The first kappa shape index (κ1) is 16.5. The third kappa shape index (κ3) is 2.93. The summed E-state index contributed by atoms with van der Waals surface area (Å²) in [6.45, 7) is 4.79. The molecule has 1 N–H and O–H groups in total. The minimum absolute atomic E-state index is 0.225. The molecule has 1 saturated heterocycles. The molecule has 0 aliphatic carbocycles. The minimum Gasteiger partial charge on any atom is -0.373 e. The maximum absolute atomic E-state index is 5.82. The van der Waals surface area contributed by atoms with Crippen molar-refractivity contribution in [2.24, 2.45) is 0 Å². The normalized spacial score (nSPS) is 17.0. The number of aryl methyl sites for hydroxylation is 2. The second kappa shape index (κ2) is 6.51. The fourth-order valence-electron chi connectivity index (χ4n) is 3.50.